The number of H-pyrrole nitrogens is 1. The lowest BCUT2D eigenvalue weighted by molar-refractivity contribution is -0.167. The Morgan fingerprint density at radius 2 is 1.52 bits per heavy atom. The SMILES string of the molecule is CC(C)(O)C(=O)ONC(=O)c1ncc(C(=O)NC(c2ccccc2)c2ccccc2)c(=O)[nH]1. The van der Waals surface area contributed by atoms with E-state index in [9.17, 15) is 24.3 Å². The monoisotopic (exact) mass is 450 g/mol. The molecule has 0 atom stereocenters. The highest BCUT2D eigenvalue weighted by Crippen LogP contribution is 2.22. The molecule has 3 rings (SSSR count). The summed E-state index contributed by atoms with van der Waals surface area (Å²) in [6.07, 6.45) is 0.952. The second-order valence-corrected chi connectivity index (χ2v) is 7.58. The van der Waals surface area contributed by atoms with Crippen molar-refractivity contribution in [2.24, 2.45) is 0 Å². The van der Waals surface area contributed by atoms with Gasteiger partial charge in [-0.15, -0.1) is 0 Å². The summed E-state index contributed by atoms with van der Waals surface area (Å²) >= 11 is 0. The van der Waals surface area contributed by atoms with Gasteiger partial charge in [-0.1, -0.05) is 60.7 Å². The Kier molecular flexibility index (Phi) is 6.99. The van der Waals surface area contributed by atoms with Crippen LogP contribution in [0.5, 0.6) is 0 Å². The first-order valence-electron chi connectivity index (χ1n) is 9.91. The second kappa shape index (κ2) is 9.88. The van der Waals surface area contributed by atoms with E-state index in [0.29, 0.717) is 0 Å². The number of carbonyl (C=O) groups is 3. The summed E-state index contributed by atoms with van der Waals surface area (Å²) < 4.78 is 0. The van der Waals surface area contributed by atoms with Crippen molar-refractivity contribution in [3.8, 4) is 0 Å². The Morgan fingerprint density at radius 1 is 0.970 bits per heavy atom. The van der Waals surface area contributed by atoms with Crippen LogP contribution < -0.4 is 16.4 Å². The number of hydroxylamine groups is 1. The molecule has 0 aliphatic carbocycles. The Morgan fingerprint density at radius 3 is 2.00 bits per heavy atom. The lowest BCUT2D eigenvalue weighted by atomic mass is 9.98. The van der Waals surface area contributed by atoms with Crippen LogP contribution in [-0.2, 0) is 9.63 Å². The van der Waals surface area contributed by atoms with E-state index in [4.69, 9.17) is 0 Å². The molecular weight excluding hydrogens is 428 g/mol. The predicted octanol–water partition coefficient (Wildman–Crippen LogP) is 1.25. The first-order valence-corrected chi connectivity index (χ1v) is 9.91. The Labute approximate surface area is 188 Å². The number of nitrogens with one attached hydrogen (secondary N) is 3. The number of aromatic amines is 1. The minimum atomic E-state index is -1.83. The Balaban J connectivity index is 1.77. The average Bonchev–Trinajstić information content (AvgIpc) is 2.81. The molecule has 10 nitrogen and oxygen atoms in total. The van der Waals surface area contributed by atoms with Gasteiger partial charge in [-0.25, -0.2) is 9.78 Å². The van der Waals surface area contributed by atoms with Crippen molar-refractivity contribution in [3.63, 3.8) is 0 Å². The molecule has 0 unspecified atom stereocenters. The van der Waals surface area contributed by atoms with Crippen molar-refractivity contribution in [2.45, 2.75) is 25.5 Å². The van der Waals surface area contributed by atoms with Crippen LogP contribution in [-0.4, -0.2) is 38.5 Å². The second-order valence-electron chi connectivity index (χ2n) is 7.58. The number of hydrogen-bond donors (Lipinski definition) is 4. The van der Waals surface area contributed by atoms with Crippen LogP contribution in [0.25, 0.3) is 0 Å². The number of nitrogens with zero attached hydrogens (tertiary/aromatic N) is 1. The van der Waals surface area contributed by atoms with E-state index in [1.807, 2.05) is 60.7 Å². The lowest BCUT2D eigenvalue weighted by Gasteiger charge is -2.19. The van der Waals surface area contributed by atoms with Gasteiger partial charge in [0.2, 0.25) is 5.82 Å². The van der Waals surface area contributed by atoms with E-state index < -0.39 is 40.8 Å². The van der Waals surface area contributed by atoms with Gasteiger partial charge in [-0.2, -0.15) is 5.48 Å². The molecule has 2 aromatic carbocycles. The van der Waals surface area contributed by atoms with Crippen LogP contribution in [0.15, 0.2) is 71.7 Å². The normalized spacial score (nSPS) is 11.0. The summed E-state index contributed by atoms with van der Waals surface area (Å²) in [6.45, 7) is 2.35. The van der Waals surface area contributed by atoms with Gasteiger partial charge in [0.15, 0.2) is 5.60 Å². The summed E-state index contributed by atoms with van der Waals surface area (Å²) in [5.74, 6) is -3.32. The summed E-state index contributed by atoms with van der Waals surface area (Å²) in [5, 5.41) is 12.3. The summed E-state index contributed by atoms with van der Waals surface area (Å²) in [4.78, 5) is 59.3. The van der Waals surface area contributed by atoms with E-state index in [1.54, 1.807) is 5.48 Å². The topological polar surface area (TPSA) is 150 Å². The molecule has 2 amide bonds. The molecule has 0 spiro atoms. The maximum absolute atomic E-state index is 12.9. The van der Waals surface area contributed by atoms with E-state index in [2.05, 4.69) is 20.1 Å². The highest BCUT2D eigenvalue weighted by Gasteiger charge is 2.27. The molecule has 0 saturated carbocycles. The summed E-state index contributed by atoms with van der Waals surface area (Å²) in [5.41, 5.74) is 0.400. The van der Waals surface area contributed by atoms with Gasteiger partial charge >= 0.3 is 11.9 Å². The molecule has 1 heterocycles. The number of amides is 2. The van der Waals surface area contributed by atoms with Crippen LogP contribution in [0.3, 0.4) is 0 Å². The van der Waals surface area contributed by atoms with Gasteiger partial charge in [0.1, 0.15) is 5.56 Å². The lowest BCUT2D eigenvalue weighted by Crippen LogP contribution is -2.40. The molecule has 0 fully saturated rings. The van der Waals surface area contributed by atoms with Crippen LogP contribution >= 0.6 is 0 Å². The molecule has 170 valence electrons. The quantitative estimate of drug-likeness (QED) is 0.413. The minimum absolute atomic E-state index is 0.308. The fourth-order valence-corrected chi connectivity index (χ4v) is 2.80. The zero-order valence-corrected chi connectivity index (χ0v) is 17.9. The molecule has 3 aromatic rings. The number of aliphatic hydroxyl groups is 1. The fraction of sp³-hybridized carbons (Fsp3) is 0.174. The van der Waals surface area contributed by atoms with Crippen molar-refractivity contribution >= 4 is 17.8 Å². The standard InChI is InChI=1S/C23H22N4O6/c1-23(2,32)22(31)33-27-21(30)18-24-13-16(20(29)26-18)19(28)25-17(14-9-5-3-6-10-14)15-11-7-4-8-12-15/h3-13,17,32H,1-2H3,(H,25,28)(H,27,30)(H,24,26,29). The molecule has 1 aromatic heterocycles. The molecule has 10 heteroatoms. The van der Waals surface area contributed by atoms with Gasteiger partial charge in [0, 0.05) is 6.20 Å². The largest absolute Gasteiger partial charge is 0.379 e. The van der Waals surface area contributed by atoms with Crippen LogP contribution in [0, 0.1) is 0 Å². The third kappa shape index (κ3) is 5.89. The number of aromatic nitrogens is 2. The molecular formula is C23H22N4O6. The first-order chi connectivity index (χ1) is 15.7. The van der Waals surface area contributed by atoms with Crippen molar-refractivity contribution in [2.75, 3.05) is 0 Å². The van der Waals surface area contributed by atoms with Crippen molar-refractivity contribution in [1.82, 2.24) is 20.8 Å². The van der Waals surface area contributed by atoms with Crippen LogP contribution in [0.2, 0.25) is 0 Å². The molecule has 0 saturated heterocycles. The highest BCUT2D eigenvalue weighted by atomic mass is 16.7. The van der Waals surface area contributed by atoms with E-state index in [0.717, 1.165) is 17.3 Å². The Bertz CT molecular complexity index is 1160. The smallest absolute Gasteiger partial charge is 0.362 e. The number of carbonyl (C=O) groups excluding carboxylic acids is 3. The van der Waals surface area contributed by atoms with E-state index >= 15 is 0 Å². The third-order valence-corrected chi connectivity index (χ3v) is 4.54. The first kappa shape index (κ1) is 23.4. The Hall–Kier alpha value is -4.31. The van der Waals surface area contributed by atoms with Crippen molar-refractivity contribution in [1.29, 1.82) is 0 Å². The summed E-state index contributed by atoms with van der Waals surface area (Å²) in [7, 11) is 0. The maximum Gasteiger partial charge on any atom is 0.362 e. The zero-order valence-electron chi connectivity index (χ0n) is 17.9. The van der Waals surface area contributed by atoms with Gasteiger partial charge in [-0.05, 0) is 25.0 Å². The third-order valence-electron chi connectivity index (χ3n) is 4.54. The zero-order chi connectivity index (χ0) is 24.0. The number of benzene rings is 2. The predicted molar refractivity (Wildman–Crippen MR) is 117 cm³/mol. The molecule has 0 aliphatic heterocycles. The van der Waals surface area contributed by atoms with Gasteiger partial charge < -0.3 is 20.2 Å². The van der Waals surface area contributed by atoms with Crippen LogP contribution in [0.1, 0.15) is 52.0 Å². The molecule has 0 bridgehead atoms. The molecule has 33 heavy (non-hydrogen) atoms. The van der Waals surface area contributed by atoms with Crippen molar-refractivity contribution < 1.29 is 24.3 Å². The fourth-order valence-electron chi connectivity index (χ4n) is 2.80. The molecule has 0 radical (unpaired) electrons. The maximum atomic E-state index is 12.9. The highest BCUT2D eigenvalue weighted by molar-refractivity contribution is 5.95. The van der Waals surface area contributed by atoms with Crippen LogP contribution in [0.4, 0.5) is 0 Å². The number of hydrogen-bond acceptors (Lipinski definition) is 7. The van der Waals surface area contributed by atoms with E-state index in [1.165, 1.54) is 13.8 Å². The molecule has 4 N–H and O–H groups in total. The van der Waals surface area contributed by atoms with Gasteiger partial charge in [0.25, 0.3) is 11.5 Å². The molecule has 0 aliphatic rings. The van der Waals surface area contributed by atoms with Crippen molar-refractivity contribution in [3.05, 3.63) is 99.7 Å². The number of rotatable bonds is 6. The van der Waals surface area contributed by atoms with Gasteiger partial charge in [-0.3, -0.25) is 14.4 Å². The van der Waals surface area contributed by atoms with Gasteiger partial charge in [0.05, 0.1) is 6.04 Å². The average molecular weight is 450 g/mol. The summed E-state index contributed by atoms with van der Waals surface area (Å²) in [6, 6.07) is 17.9. The minimum Gasteiger partial charge on any atom is -0.379 e. The van der Waals surface area contributed by atoms with E-state index in [-0.39, 0.29) is 5.56 Å².